The number of aliphatic imine (C=N–C) groups is 1. The van der Waals surface area contributed by atoms with Crippen LogP contribution in [0.5, 0.6) is 0 Å². The molecule has 0 radical (unpaired) electrons. The van der Waals surface area contributed by atoms with Crippen molar-refractivity contribution >= 4 is 28.9 Å². The van der Waals surface area contributed by atoms with Gasteiger partial charge < -0.3 is 14.2 Å². The molecule has 2 atom stereocenters. The zero-order chi connectivity index (χ0) is 17.4. The number of amides is 1. The largest absolute Gasteiger partial charge is 0.467 e. The monoisotopic (exact) mass is 344 g/mol. The van der Waals surface area contributed by atoms with Gasteiger partial charge in [-0.05, 0) is 34.6 Å². The van der Waals surface area contributed by atoms with Gasteiger partial charge in [0, 0.05) is 5.75 Å². The topological polar surface area (TPSA) is 77.4 Å². The predicted octanol–water partition coefficient (Wildman–Crippen LogP) is 2.05. The molecule has 2 aliphatic rings. The highest BCUT2D eigenvalue weighted by atomic mass is 32.2. The van der Waals surface area contributed by atoms with Crippen LogP contribution < -0.4 is 0 Å². The van der Waals surface area contributed by atoms with Crippen molar-refractivity contribution in [1.29, 1.82) is 0 Å². The van der Waals surface area contributed by atoms with Gasteiger partial charge in [0.2, 0.25) is 0 Å². The third-order valence-corrected chi connectivity index (χ3v) is 4.66. The fraction of sp³-hybridized carbons (Fsp3) is 0.800. The first-order valence-corrected chi connectivity index (χ1v) is 8.48. The Morgan fingerprint density at radius 1 is 1.39 bits per heavy atom. The molecule has 0 spiro atoms. The molecule has 1 saturated heterocycles. The van der Waals surface area contributed by atoms with E-state index in [1.165, 1.54) is 18.9 Å². The zero-order valence-electron chi connectivity index (χ0n) is 14.4. The van der Waals surface area contributed by atoms with Crippen molar-refractivity contribution in [3.8, 4) is 0 Å². The van der Waals surface area contributed by atoms with Crippen LogP contribution in [0.3, 0.4) is 0 Å². The Labute approximate surface area is 140 Å². The van der Waals surface area contributed by atoms with Crippen LogP contribution in [0.2, 0.25) is 0 Å². The first-order valence-electron chi connectivity index (χ1n) is 7.50. The minimum Gasteiger partial charge on any atom is -0.467 e. The van der Waals surface area contributed by atoms with Crippen LogP contribution in [0.15, 0.2) is 4.99 Å². The molecule has 0 aromatic carbocycles. The molecule has 130 valence electrons. The van der Waals surface area contributed by atoms with Gasteiger partial charge >= 0.3 is 12.1 Å². The molecule has 2 aliphatic heterocycles. The molecule has 0 aromatic heterocycles. The Kier molecular flexibility index (Phi) is 4.96. The van der Waals surface area contributed by atoms with E-state index in [1.807, 2.05) is 34.6 Å². The summed E-state index contributed by atoms with van der Waals surface area (Å²) in [6.45, 7) is 9.41. The van der Waals surface area contributed by atoms with E-state index < -0.39 is 23.5 Å². The number of esters is 1. The number of carbonyl (C=O) groups excluding carboxylic acids is 2. The van der Waals surface area contributed by atoms with Crippen molar-refractivity contribution in [3.63, 3.8) is 0 Å². The molecule has 1 fully saturated rings. The lowest BCUT2D eigenvalue weighted by atomic mass is 10.2. The maximum Gasteiger partial charge on any atom is 0.413 e. The number of nitrogens with zero attached hydrogens (tertiary/aromatic N) is 2. The molecule has 7 nitrogen and oxygen atoms in total. The summed E-state index contributed by atoms with van der Waals surface area (Å²) < 4.78 is 16.0. The molecule has 0 N–H and O–H groups in total. The fourth-order valence-corrected chi connectivity index (χ4v) is 3.58. The van der Waals surface area contributed by atoms with E-state index in [2.05, 4.69) is 4.99 Å². The van der Waals surface area contributed by atoms with E-state index in [4.69, 9.17) is 14.2 Å². The van der Waals surface area contributed by atoms with Gasteiger partial charge in [-0.15, -0.1) is 11.8 Å². The lowest BCUT2D eigenvalue weighted by Gasteiger charge is -2.34. The van der Waals surface area contributed by atoms with Gasteiger partial charge in [-0.3, -0.25) is 9.89 Å². The molecule has 0 aliphatic carbocycles. The average molecular weight is 344 g/mol. The molecule has 1 amide bonds. The minimum absolute atomic E-state index is 0.325. The van der Waals surface area contributed by atoms with Crippen LogP contribution >= 0.6 is 11.8 Å². The first-order chi connectivity index (χ1) is 10.5. The second-order valence-electron chi connectivity index (χ2n) is 6.94. The number of methoxy groups -OCH3 is 1. The average Bonchev–Trinajstić information content (AvgIpc) is 2.99. The Bertz CT molecular complexity index is 526. The lowest BCUT2D eigenvalue weighted by Crippen LogP contribution is -2.51. The zero-order valence-corrected chi connectivity index (χ0v) is 15.2. The van der Waals surface area contributed by atoms with Gasteiger partial charge in [-0.2, -0.15) is 0 Å². The molecule has 0 saturated carbocycles. The molecule has 2 rings (SSSR count). The van der Waals surface area contributed by atoms with E-state index in [0.29, 0.717) is 17.4 Å². The van der Waals surface area contributed by atoms with Crippen molar-refractivity contribution in [3.05, 3.63) is 0 Å². The summed E-state index contributed by atoms with van der Waals surface area (Å²) in [5.41, 5.74) is -1.39. The summed E-state index contributed by atoms with van der Waals surface area (Å²) in [5, 5.41) is 0.705. The van der Waals surface area contributed by atoms with Crippen LogP contribution in [0.25, 0.3) is 0 Å². The molecule has 1 unspecified atom stereocenters. The van der Waals surface area contributed by atoms with Crippen LogP contribution in [0.1, 0.15) is 34.6 Å². The van der Waals surface area contributed by atoms with Crippen molar-refractivity contribution in [1.82, 2.24) is 4.90 Å². The van der Waals surface area contributed by atoms with E-state index >= 15 is 0 Å². The molecule has 0 bridgehead atoms. The van der Waals surface area contributed by atoms with Crippen LogP contribution in [-0.2, 0) is 19.0 Å². The Morgan fingerprint density at radius 3 is 2.61 bits per heavy atom. The number of hydrogen-bond acceptors (Lipinski definition) is 7. The van der Waals surface area contributed by atoms with E-state index in [1.54, 1.807) is 4.90 Å². The van der Waals surface area contributed by atoms with Crippen molar-refractivity contribution < 1.29 is 23.8 Å². The highest BCUT2D eigenvalue weighted by molar-refractivity contribution is 8.14. The SMILES string of the molecule is COC(=O)[C@@H]1CSC(C2COC(C)(C)N2C(=O)OC(C)(C)C)=N1. The maximum absolute atomic E-state index is 12.6. The van der Waals surface area contributed by atoms with Gasteiger partial charge in [-0.1, -0.05) is 0 Å². The molecular formula is C15H24N2O5S. The highest BCUT2D eigenvalue weighted by Gasteiger charge is 2.49. The number of rotatable bonds is 2. The lowest BCUT2D eigenvalue weighted by molar-refractivity contribution is -0.141. The molecular weight excluding hydrogens is 320 g/mol. The Balaban J connectivity index is 2.21. The summed E-state index contributed by atoms with van der Waals surface area (Å²) in [6, 6.07) is -0.872. The second kappa shape index (κ2) is 6.32. The number of thioether (sulfide) groups is 1. The number of ether oxygens (including phenoxy) is 3. The van der Waals surface area contributed by atoms with E-state index in [-0.39, 0.29) is 12.0 Å². The Morgan fingerprint density at radius 2 is 2.04 bits per heavy atom. The smallest absolute Gasteiger partial charge is 0.413 e. The summed E-state index contributed by atoms with van der Waals surface area (Å²) in [5.74, 6) is 0.149. The van der Waals surface area contributed by atoms with Gasteiger partial charge in [0.05, 0.1) is 18.8 Å². The molecule has 0 aromatic rings. The Hall–Kier alpha value is -1.28. The summed E-state index contributed by atoms with van der Waals surface area (Å²) >= 11 is 1.45. The first kappa shape index (κ1) is 18.1. The molecule has 2 heterocycles. The maximum atomic E-state index is 12.6. The summed E-state index contributed by atoms with van der Waals surface area (Å²) in [4.78, 5) is 30.2. The minimum atomic E-state index is -0.792. The summed E-state index contributed by atoms with van der Waals surface area (Å²) in [6.07, 6.45) is -0.449. The van der Waals surface area contributed by atoms with E-state index in [9.17, 15) is 9.59 Å². The van der Waals surface area contributed by atoms with Crippen molar-refractivity contribution in [2.45, 2.75) is 58.0 Å². The van der Waals surface area contributed by atoms with Gasteiger partial charge in [0.1, 0.15) is 17.4 Å². The predicted molar refractivity (Wildman–Crippen MR) is 87.6 cm³/mol. The molecule has 8 heteroatoms. The molecule has 23 heavy (non-hydrogen) atoms. The van der Waals surface area contributed by atoms with Gasteiger partial charge in [0.15, 0.2) is 6.04 Å². The normalized spacial score (nSPS) is 26.9. The van der Waals surface area contributed by atoms with Gasteiger partial charge in [0.25, 0.3) is 0 Å². The highest BCUT2D eigenvalue weighted by Crippen LogP contribution is 2.34. The van der Waals surface area contributed by atoms with Crippen molar-refractivity contribution in [2.24, 2.45) is 4.99 Å². The third-order valence-electron chi connectivity index (χ3n) is 3.51. The summed E-state index contributed by atoms with van der Waals surface area (Å²) in [7, 11) is 1.34. The van der Waals surface area contributed by atoms with Crippen LogP contribution in [0, 0.1) is 0 Å². The standard InChI is InChI=1S/C15H24N2O5S/c1-14(2,3)22-13(19)17-10(7-21-15(17,4)5)11-16-9(8-23-11)12(18)20-6/h9-10H,7-8H2,1-6H3/t9-,10?/m0/s1. The second-order valence-corrected chi connectivity index (χ2v) is 7.98. The van der Waals surface area contributed by atoms with E-state index in [0.717, 1.165) is 0 Å². The van der Waals surface area contributed by atoms with Crippen LogP contribution in [-0.4, -0.2) is 64.9 Å². The van der Waals surface area contributed by atoms with Gasteiger partial charge in [-0.25, -0.2) is 9.59 Å². The fourth-order valence-electron chi connectivity index (χ4n) is 2.47. The van der Waals surface area contributed by atoms with Crippen LogP contribution in [0.4, 0.5) is 4.79 Å². The number of carbonyl (C=O) groups is 2. The third kappa shape index (κ3) is 3.98. The van der Waals surface area contributed by atoms with Crippen molar-refractivity contribution in [2.75, 3.05) is 19.5 Å². The number of hydrogen-bond donors (Lipinski definition) is 0. The quantitative estimate of drug-likeness (QED) is 0.714.